The summed E-state index contributed by atoms with van der Waals surface area (Å²) in [5, 5.41) is 23.5. The monoisotopic (exact) mass is 838 g/mol. The molecule has 342 valence electrons. The van der Waals surface area contributed by atoms with Crippen molar-refractivity contribution in [2.75, 3.05) is 5.75 Å². The number of amides is 1. The van der Waals surface area contributed by atoms with Crippen molar-refractivity contribution < 1.29 is 28.0 Å². The summed E-state index contributed by atoms with van der Waals surface area (Å²) in [6.07, 6.45) is 55.0. The van der Waals surface area contributed by atoms with Crippen molar-refractivity contribution in [1.82, 2.24) is 5.32 Å². The number of aliphatic hydroxyl groups is 2. The van der Waals surface area contributed by atoms with Gasteiger partial charge in [-0.15, -0.1) is 0 Å². The average molecular weight is 838 g/mol. The van der Waals surface area contributed by atoms with Crippen LogP contribution in [0.5, 0.6) is 0 Å². The standard InChI is InChI=1S/C50H95NO6S/c1-3-5-7-9-11-13-15-17-19-21-23-25-27-28-30-32-34-36-38-40-42-44-48(52)47(46-58(55,56)57)51-50(54)49(53)45-43-41-39-37-35-33-31-29-26-24-22-20-18-16-14-12-10-8-6-4-2/h26,29,34,36,42,44,47-49,52-53H,3-25,27-28,30-33,35,37-41,43,45-46H2,1-2H3,(H,51,54)(H,55,56,57)/b29-26-,36-34+,44-42+. The van der Waals surface area contributed by atoms with Gasteiger partial charge in [0.15, 0.2) is 0 Å². The molecule has 0 aliphatic carbocycles. The summed E-state index contributed by atoms with van der Waals surface area (Å²) < 4.78 is 32.7. The van der Waals surface area contributed by atoms with Gasteiger partial charge in [0, 0.05) is 0 Å². The van der Waals surface area contributed by atoms with Gasteiger partial charge < -0.3 is 15.5 Å². The lowest BCUT2D eigenvalue weighted by Gasteiger charge is -2.22. The largest absolute Gasteiger partial charge is 0.387 e. The van der Waals surface area contributed by atoms with Crippen LogP contribution < -0.4 is 5.32 Å². The number of aliphatic hydroxyl groups excluding tert-OH is 2. The Kier molecular flexibility index (Phi) is 42.5. The van der Waals surface area contributed by atoms with E-state index < -0.39 is 40.0 Å². The Hall–Kier alpha value is -1.48. The number of carbonyl (C=O) groups excluding carboxylic acids is 1. The summed E-state index contributed by atoms with van der Waals surface area (Å²) in [4.78, 5) is 12.7. The molecule has 4 N–H and O–H groups in total. The Balaban J connectivity index is 3.97. The predicted octanol–water partition coefficient (Wildman–Crippen LogP) is 14.2. The zero-order valence-corrected chi connectivity index (χ0v) is 38.9. The van der Waals surface area contributed by atoms with E-state index in [0.29, 0.717) is 12.8 Å². The summed E-state index contributed by atoms with van der Waals surface area (Å²) in [5.74, 6) is -1.56. The summed E-state index contributed by atoms with van der Waals surface area (Å²) in [6.45, 7) is 4.54. The highest BCUT2D eigenvalue weighted by atomic mass is 32.2. The first-order valence-corrected chi connectivity index (χ1v) is 26.4. The highest BCUT2D eigenvalue weighted by molar-refractivity contribution is 7.85. The lowest BCUT2D eigenvalue weighted by molar-refractivity contribution is -0.130. The first-order valence-electron chi connectivity index (χ1n) is 24.8. The molecule has 58 heavy (non-hydrogen) atoms. The van der Waals surface area contributed by atoms with E-state index in [4.69, 9.17) is 0 Å². The molecule has 3 atom stereocenters. The molecule has 0 aromatic carbocycles. The first-order chi connectivity index (χ1) is 28.2. The number of allylic oxidation sites excluding steroid dienone is 5. The number of rotatable bonds is 45. The van der Waals surface area contributed by atoms with Crippen LogP contribution in [0.15, 0.2) is 36.5 Å². The first kappa shape index (κ1) is 56.5. The van der Waals surface area contributed by atoms with Crippen molar-refractivity contribution in [3.63, 3.8) is 0 Å². The molecule has 0 heterocycles. The minimum atomic E-state index is -4.46. The molecule has 0 saturated carbocycles. The molecule has 0 radical (unpaired) electrons. The van der Waals surface area contributed by atoms with E-state index >= 15 is 0 Å². The summed E-state index contributed by atoms with van der Waals surface area (Å²) in [6, 6.07) is -1.25. The molecular formula is C50H95NO6S. The molecule has 0 spiro atoms. The maximum Gasteiger partial charge on any atom is 0.267 e. The maximum absolute atomic E-state index is 12.7. The molecule has 0 aromatic rings. The molecule has 0 bridgehead atoms. The molecule has 0 aromatic heterocycles. The zero-order chi connectivity index (χ0) is 42.6. The molecule has 0 saturated heterocycles. The van der Waals surface area contributed by atoms with Crippen LogP contribution in [0.3, 0.4) is 0 Å². The zero-order valence-electron chi connectivity index (χ0n) is 38.0. The van der Waals surface area contributed by atoms with Crippen LogP contribution >= 0.6 is 0 Å². The van der Waals surface area contributed by atoms with E-state index in [1.807, 2.05) is 0 Å². The van der Waals surface area contributed by atoms with E-state index in [9.17, 15) is 28.0 Å². The average Bonchev–Trinajstić information content (AvgIpc) is 3.19. The Bertz CT molecular complexity index is 1070. The Morgan fingerprint density at radius 3 is 1.14 bits per heavy atom. The van der Waals surface area contributed by atoms with E-state index in [2.05, 4.69) is 43.5 Å². The van der Waals surface area contributed by atoms with Gasteiger partial charge in [-0.1, -0.05) is 230 Å². The van der Waals surface area contributed by atoms with Gasteiger partial charge >= 0.3 is 0 Å². The minimum Gasteiger partial charge on any atom is -0.387 e. The number of unbranched alkanes of at least 4 members (excludes halogenated alkanes) is 32. The normalized spacial score (nSPS) is 13.9. The smallest absolute Gasteiger partial charge is 0.267 e. The molecule has 7 nitrogen and oxygen atoms in total. The lowest BCUT2D eigenvalue weighted by atomic mass is 10.0. The molecular weight excluding hydrogens is 743 g/mol. The van der Waals surface area contributed by atoms with Crippen LogP contribution in [0.4, 0.5) is 0 Å². The lowest BCUT2D eigenvalue weighted by Crippen LogP contribution is -2.50. The third kappa shape index (κ3) is 42.6. The van der Waals surface area contributed by atoms with Gasteiger partial charge in [0.2, 0.25) is 5.91 Å². The summed E-state index contributed by atoms with van der Waals surface area (Å²) >= 11 is 0. The molecule has 3 unspecified atom stereocenters. The van der Waals surface area contributed by atoms with Gasteiger partial charge in [0.05, 0.1) is 17.9 Å². The molecule has 1 amide bonds. The van der Waals surface area contributed by atoms with E-state index in [1.54, 1.807) is 6.08 Å². The van der Waals surface area contributed by atoms with Crippen molar-refractivity contribution in [2.24, 2.45) is 0 Å². The van der Waals surface area contributed by atoms with Crippen molar-refractivity contribution >= 4 is 16.0 Å². The second-order valence-electron chi connectivity index (χ2n) is 17.2. The van der Waals surface area contributed by atoms with Crippen LogP contribution in [-0.2, 0) is 14.9 Å². The van der Waals surface area contributed by atoms with Crippen LogP contribution in [0.1, 0.15) is 251 Å². The number of hydrogen-bond acceptors (Lipinski definition) is 5. The fraction of sp³-hybridized carbons (Fsp3) is 0.860. The highest BCUT2D eigenvalue weighted by Crippen LogP contribution is 2.16. The topological polar surface area (TPSA) is 124 Å². The van der Waals surface area contributed by atoms with Gasteiger partial charge in [-0.05, 0) is 57.8 Å². The van der Waals surface area contributed by atoms with Crippen molar-refractivity contribution in [1.29, 1.82) is 0 Å². The molecule has 0 aliphatic heterocycles. The van der Waals surface area contributed by atoms with Crippen LogP contribution in [0.2, 0.25) is 0 Å². The fourth-order valence-corrected chi connectivity index (χ4v) is 8.32. The Morgan fingerprint density at radius 2 is 0.776 bits per heavy atom. The van der Waals surface area contributed by atoms with Gasteiger partial charge in [0.1, 0.15) is 6.10 Å². The highest BCUT2D eigenvalue weighted by Gasteiger charge is 2.27. The van der Waals surface area contributed by atoms with Crippen molar-refractivity contribution in [2.45, 2.75) is 270 Å². The summed E-state index contributed by atoms with van der Waals surface area (Å²) in [5.41, 5.74) is 0. The van der Waals surface area contributed by atoms with Crippen molar-refractivity contribution in [3.05, 3.63) is 36.5 Å². The molecule has 0 aliphatic rings. The van der Waals surface area contributed by atoms with Gasteiger partial charge in [-0.3, -0.25) is 9.35 Å². The third-order valence-corrected chi connectivity index (χ3v) is 12.2. The Morgan fingerprint density at radius 1 is 0.466 bits per heavy atom. The second kappa shape index (κ2) is 43.6. The molecule has 0 rings (SSSR count). The quantitative estimate of drug-likeness (QED) is 0.0275. The van der Waals surface area contributed by atoms with Gasteiger partial charge in [-0.2, -0.15) is 8.42 Å². The van der Waals surface area contributed by atoms with E-state index in [-0.39, 0.29) is 6.42 Å². The predicted molar refractivity (Wildman–Crippen MR) is 250 cm³/mol. The van der Waals surface area contributed by atoms with Crippen molar-refractivity contribution in [3.8, 4) is 0 Å². The summed E-state index contributed by atoms with van der Waals surface area (Å²) in [7, 11) is -4.46. The van der Waals surface area contributed by atoms with Crippen LogP contribution in [0.25, 0.3) is 0 Å². The number of nitrogens with one attached hydrogen (secondary N) is 1. The van der Waals surface area contributed by atoms with Crippen LogP contribution in [-0.4, -0.2) is 53.1 Å². The molecule has 0 fully saturated rings. The van der Waals surface area contributed by atoms with Gasteiger partial charge in [-0.25, -0.2) is 0 Å². The fourth-order valence-electron chi connectivity index (χ4n) is 7.59. The molecule has 8 heteroatoms. The number of carbonyl (C=O) groups is 1. The van der Waals surface area contributed by atoms with Crippen LogP contribution in [0, 0.1) is 0 Å². The number of hydrogen-bond donors (Lipinski definition) is 4. The SMILES string of the molecule is CCCCCCCCCCCC/C=C\CCCCCCCCC(O)C(=O)NC(CS(=O)(=O)O)C(O)/C=C/CC/C=C/CCCCCCCCCCCCCCCCC. The van der Waals surface area contributed by atoms with E-state index in [1.165, 1.54) is 186 Å². The maximum atomic E-state index is 12.7. The van der Waals surface area contributed by atoms with Gasteiger partial charge in [0.25, 0.3) is 10.1 Å². The minimum absolute atomic E-state index is 0.268. The third-order valence-electron chi connectivity index (χ3n) is 11.4. The van der Waals surface area contributed by atoms with E-state index in [0.717, 1.165) is 38.5 Å². The second-order valence-corrected chi connectivity index (χ2v) is 18.7. The Labute approximate surface area is 359 Å².